The summed E-state index contributed by atoms with van der Waals surface area (Å²) in [6.07, 6.45) is 1.79. The molecule has 0 spiro atoms. The molecule has 21 heavy (non-hydrogen) atoms. The molecule has 0 aliphatic carbocycles. The highest BCUT2D eigenvalue weighted by molar-refractivity contribution is 5.56. The highest BCUT2D eigenvalue weighted by Gasteiger charge is 2.12. The third kappa shape index (κ3) is 3.82. The van der Waals surface area contributed by atoms with Crippen molar-refractivity contribution < 1.29 is 4.39 Å². The lowest BCUT2D eigenvalue weighted by atomic mass is 10.0. The number of hydrogen-bond acceptors (Lipinski definition) is 2. The SMILES string of the molecule is CCC(Cc1ccccc1)Nc1cc(C#N)cc(F)c1C. The predicted molar refractivity (Wildman–Crippen MR) is 83.7 cm³/mol. The fourth-order valence-electron chi connectivity index (χ4n) is 2.31. The van der Waals surface area contributed by atoms with Crippen LogP contribution in [0.1, 0.15) is 30.0 Å². The van der Waals surface area contributed by atoms with Crippen molar-refractivity contribution in [1.82, 2.24) is 0 Å². The van der Waals surface area contributed by atoms with Crippen LogP contribution < -0.4 is 5.32 Å². The van der Waals surface area contributed by atoms with Crippen molar-refractivity contribution in [2.45, 2.75) is 32.7 Å². The van der Waals surface area contributed by atoms with E-state index in [1.807, 2.05) is 24.3 Å². The van der Waals surface area contributed by atoms with E-state index in [4.69, 9.17) is 5.26 Å². The highest BCUT2D eigenvalue weighted by Crippen LogP contribution is 2.22. The molecule has 0 bridgehead atoms. The zero-order valence-electron chi connectivity index (χ0n) is 12.4. The van der Waals surface area contributed by atoms with E-state index in [1.165, 1.54) is 11.6 Å². The van der Waals surface area contributed by atoms with E-state index in [1.54, 1.807) is 13.0 Å². The second-order valence-corrected chi connectivity index (χ2v) is 5.18. The standard InChI is InChI=1S/C18H19FN2/c1-3-16(9-14-7-5-4-6-8-14)21-18-11-15(12-20)10-17(19)13(18)2/h4-8,10-11,16,21H,3,9H2,1-2H3. The van der Waals surface area contributed by atoms with E-state index in [9.17, 15) is 4.39 Å². The molecular formula is C18H19FN2. The van der Waals surface area contributed by atoms with Crippen LogP contribution in [0.3, 0.4) is 0 Å². The van der Waals surface area contributed by atoms with Gasteiger partial charge in [0.25, 0.3) is 0 Å². The first kappa shape index (κ1) is 15.1. The molecule has 0 aliphatic heterocycles. The zero-order chi connectivity index (χ0) is 15.2. The summed E-state index contributed by atoms with van der Waals surface area (Å²) in [5, 5.41) is 12.3. The lowest BCUT2D eigenvalue weighted by Crippen LogP contribution is -2.22. The minimum Gasteiger partial charge on any atom is -0.382 e. The van der Waals surface area contributed by atoms with Gasteiger partial charge in [-0.2, -0.15) is 5.26 Å². The molecule has 0 aliphatic rings. The Morgan fingerprint density at radius 3 is 2.57 bits per heavy atom. The average Bonchev–Trinajstić information content (AvgIpc) is 2.51. The van der Waals surface area contributed by atoms with Crippen LogP contribution >= 0.6 is 0 Å². The predicted octanol–water partition coefficient (Wildman–Crippen LogP) is 4.44. The molecule has 2 aromatic rings. The third-order valence-corrected chi connectivity index (χ3v) is 3.65. The molecule has 0 heterocycles. The summed E-state index contributed by atoms with van der Waals surface area (Å²) < 4.78 is 13.8. The summed E-state index contributed by atoms with van der Waals surface area (Å²) in [6.45, 7) is 3.83. The number of anilines is 1. The first-order valence-corrected chi connectivity index (χ1v) is 7.14. The van der Waals surface area contributed by atoms with Gasteiger partial charge < -0.3 is 5.32 Å². The van der Waals surface area contributed by atoms with Gasteiger partial charge >= 0.3 is 0 Å². The van der Waals surface area contributed by atoms with E-state index in [0.29, 0.717) is 16.8 Å². The summed E-state index contributed by atoms with van der Waals surface area (Å²) in [7, 11) is 0. The molecule has 0 fully saturated rings. The number of nitrogens with one attached hydrogen (secondary N) is 1. The molecule has 2 nitrogen and oxygen atoms in total. The fraction of sp³-hybridized carbons (Fsp3) is 0.278. The molecule has 0 aromatic heterocycles. The maximum Gasteiger partial charge on any atom is 0.129 e. The fourth-order valence-corrected chi connectivity index (χ4v) is 2.31. The van der Waals surface area contributed by atoms with Crippen molar-refractivity contribution in [3.05, 3.63) is 65.0 Å². The summed E-state index contributed by atoms with van der Waals surface area (Å²) in [5.74, 6) is -0.342. The number of nitrogens with zero attached hydrogens (tertiary/aromatic N) is 1. The van der Waals surface area contributed by atoms with Crippen LogP contribution in [0.25, 0.3) is 0 Å². The summed E-state index contributed by atoms with van der Waals surface area (Å²) in [5.41, 5.74) is 2.84. The Hall–Kier alpha value is -2.34. The Kier molecular flexibility index (Phi) is 4.94. The molecule has 0 radical (unpaired) electrons. The van der Waals surface area contributed by atoms with E-state index < -0.39 is 0 Å². The average molecular weight is 282 g/mol. The third-order valence-electron chi connectivity index (χ3n) is 3.65. The summed E-state index contributed by atoms with van der Waals surface area (Å²) in [6, 6.07) is 15.4. The maximum absolute atomic E-state index is 13.8. The van der Waals surface area contributed by atoms with Crippen LogP contribution in [-0.2, 0) is 6.42 Å². The summed E-state index contributed by atoms with van der Waals surface area (Å²) in [4.78, 5) is 0. The molecule has 1 unspecified atom stereocenters. The Bertz CT molecular complexity index is 644. The van der Waals surface area contributed by atoms with Gasteiger partial charge in [0.15, 0.2) is 0 Å². The minimum atomic E-state index is -0.342. The molecule has 3 heteroatoms. The number of rotatable bonds is 5. The Balaban J connectivity index is 2.19. The van der Waals surface area contributed by atoms with E-state index >= 15 is 0 Å². The van der Waals surface area contributed by atoms with E-state index in [-0.39, 0.29) is 11.9 Å². The van der Waals surface area contributed by atoms with Crippen LogP contribution in [-0.4, -0.2) is 6.04 Å². The van der Waals surface area contributed by atoms with Crippen LogP contribution in [0.15, 0.2) is 42.5 Å². The smallest absolute Gasteiger partial charge is 0.129 e. The molecule has 2 rings (SSSR count). The van der Waals surface area contributed by atoms with Gasteiger partial charge in [-0.25, -0.2) is 4.39 Å². The van der Waals surface area contributed by atoms with Gasteiger partial charge in [-0.15, -0.1) is 0 Å². The number of nitriles is 1. The van der Waals surface area contributed by atoms with Crippen molar-refractivity contribution in [1.29, 1.82) is 5.26 Å². The molecule has 0 amide bonds. The number of halogens is 1. The monoisotopic (exact) mass is 282 g/mol. The van der Waals surface area contributed by atoms with Crippen molar-refractivity contribution in [2.75, 3.05) is 5.32 Å². The Labute approximate surface area is 125 Å². The quantitative estimate of drug-likeness (QED) is 0.880. The van der Waals surface area contributed by atoms with Gasteiger partial charge in [0, 0.05) is 17.3 Å². The molecule has 1 atom stereocenters. The van der Waals surface area contributed by atoms with E-state index in [0.717, 1.165) is 12.8 Å². The molecule has 0 saturated heterocycles. The molecule has 2 aromatic carbocycles. The minimum absolute atomic E-state index is 0.208. The van der Waals surface area contributed by atoms with Crippen molar-refractivity contribution in [2.24, 2.45) is 0 Å². The van der Waals surface area contributed by atoms with Gasteiger partial charge in [-0.3, -0.25) is 0 Å². The molecule has 1 N–H and O–H groups in total. The normalized spacial score (nSPS) is 11.7. The van der Waals surface area contributed by atoms with Crippen LogP contribution in [0.4, 0.5) is 10.1 Å². The summed E-state index contributed by atoms with van der Waals surface area (Å²) >= 11 is 0. The number of benzene rings is 2. The van der Waals surface area contributed by atoms with Crippen molar-refractivity contribution in [3.8, 4) is 6.07 Å². The topological polar surface area (TPSA) is 35.8 Å². The zero-order valence-corrected chi connectivity index (χ0v) is 12.4. The first-order chi connectivity index (χ1) is 10.1. The molecule has 0 saturated carbocycles. The Morgan fingerprint density at radius 1 is 1.24 bits per heavy atom. The lowest BCUT2D eigenvalue weighted by Gasteiger charge is -2.20. The van der Waals surface area contributed by atoms with Gasteiger partial charge in [0.1, 0.15) is 5.82 Å². The van der Waals surface area contributed by atoms with Crippen molar-refractivity contribution >= 4 is 5.69 Å². The second-order valence-electron chi connectivity index (χ2n) is 5.18. The largest absolute Gasteiger partial charge is 0.382 e. The maximum atomic E-state index is 13.8. The number of hydrogen-bond donors (Lipinski definition) is 1. The van der Waals surface area contributed by atoms with Gasteiger partial charge in [0.05, 0.1) is 11.6 Å². The second kappa shape index (κ2) is 6.90. The van der Waals surface area contributed by atoms with Gasteiger partial charge in [0.2, 0.25) is 0 Å². The Morgan fingerprint density at radius 2 is 1.95 bits per heavy atom. The highest BCUT2D eigenvalue weighted by atomic mass is 19.1. The van der Waals surface area contributed by atoms with Gasteiger partial charge in [-0.1, -0.05) is 37.3 Å². The first-order valence-electron chi connectivity index (χ1n) is 7.14. The van der Waals surface area contributed by atoms with Crippen LogP contribution in [0.5, 0.6) is 0 Å². The lowest BCUT2D eigenvalue weighted by molar-refractivity contribution is 0.616. The van der Waals surface area contributed by atoms with E-state index in [2.05, 4.69) is 24.4 Å². The molecule has 108 valence electrons. The molecular weight excluding hydrogens is 263 g/mol. The van der Waals surface area contributed by atoms with Gasteiger partial charge in [-0.05, 0) is 37.5 Å². The van der Waals surface area contributed by atoms with Crippen LogP contribution in [0.2, 0.25) is 0 Å². The van der Waals surface area contributed by atoms with Crippen LogP contribution in [0, 0.1) is 24.1 Å². The van der Waals surface area contributed by atoms with Crippen molar-refractivity contribution in [3.63, 3.8) is 0 Å².